The van der Waals surface area contributed by atoms with Gasteiger partial charge < -0.3 is 9.80 Å². The molecule has 1 unspecified atom stereocenters. The highest BCUT2D eigenvalue weighted by Crippen LogP contribution is 2.24. The zero-order valence-electron chi connectivity index (χ0n) is 12.3. The van der Waals surface area contributed by atoms with Crippen molar-refractivity contribution in [2.24, 2.45) is 0 Å². The molecule has 2 aliphatic rings. The minimum Gasteiger partial charge on any atom is -0.334 e. The van der Waals surface area contributed by atoms with Crippen molar-refractivity contribution in [1.82, 2.24) is 9.80 Å². The topological polar surface area (TPSA) is 23.6 Å². The maximum Gasteiger partial charge on any atom is 0.223 e. The molecule has 3 heteroatoms. The lowest BCUT2D eigenvalue weighted by Gasteiger charge is -2.32. The SMILES string of the molecule is CN1CCCCC1CCC(=O)N1Cc2ccccc2C1. The standard InChI is InChI=1S/C17H24N2O/c1-18-11-5-4-8-16(18)9-10-17(20)19-12-14-6-2-3-7-15(14)13-19/h2-3,6-7,16H,4-5,8-13H2,1H3. The van der Waals surface area contributed by atoms with E-state index < -0.39 is 0 Å². The van der Waals surface area contributed by atoms with Crippen molar-refractivity contribution < 1.29 is 4.79 Å². The number of fused-ring (bicyclic) bond motifs is 1. The Labute approximate surface area is 121 Å². The van der Waals surface area contributed by atoms with E-state index in [1.807, 2.05) is 4.90 Å². The summed E-state index contributed by atoms with van der Waals surface area (Å²) in [7, 11) is 2.19. The number of benzene rings is 1. The fourth-order valence-electron chi connectivity index (χ4n) is 3.47. The molecule has 1 atom stereocenters. The van der Waals surface area contributed by atoms with Crippen molar-refractivity contribution in [3.05, 3.63) is 35.4 Å². The van der Waals surface area contributed by atoms with Gasteiger partial charge in [-0.1, -0.05) is 30.7 Å². The lowest BCUT2D eigenvalue weighted by molar-refractivity contribution is -0.132. The molecule has 108 valence electrons. The molecule has 1 saturated heterocycles. The van der Waals surface area contributed by atoms with Crippen LogP contribution >= 0.6 is 0 Å². The van der Waals surface area contributed by atoms with Gasteiger partial charge in [-0.25, -0.2) is 0 Å². The maximum atomic E-state index is 12.4. The number of nitrogens with zero attached hydrogens (tertiary/aromatic N) is 2. The fraction of sp³-hybridized carbons (Fsp3) is 0.588. The molecule has 0 saturated carbocycles. The van der Waals surface area contributed by atoms with Gasteiger partial charge in [-0.15, -0.1) is 0 Å². The number of piperidine rings is 1. The molecule has 0 aromatic heterocycles. The molecule has 2 heterocycles. The Morgan fingerprint density at radius 1 is 1.20 bits per heavy atom. The minimum absolute atomic E-state index is 0.320. The van der Waals surface area contributed by atoms with Crippen LogP contribution in [0.2, 0.25) is 0 Å². The van der Waals surface area contributed by atoms with Crippen LogP contribution in [0, 0.1) is 0 Å². The van der Waals surface area contributed by atoms with Crippen molar-refractivity contribution >= 4 is 5.91 Å². The van der Waals surface area contributed by atoms with Crippen LogP contribution in [0.1, 0.15) is 43.2 Å². The average molecular weight is 272 g/mol. The van der Waals surface area contributed by atoms with E-state index in [0.717, 1.165) is 19.5 Å². The highest BCUT2D eigenvalue weighted by molar-refractivity contribution is 5.77. The first-order chi connectivity index (χ1) is 9.74. The van der Waals surface area contributed by atoms with Gasteiger partial charge >= 0.3 is 0 Å². The minimum atomic E-state index is 0.320. The summed E-state index contributed by atoms with van der Waals surface area (Å²) in [6, 6.07) is 9.00. The third-order valence-corrected chi connectivity index (χ3v) is 4.81. The maximum absolute atomic E-state index is 12.4. The van der Waals surface area contributed by atoms with Crippen molar-refractivity contribution in [2.45, 2.75) is 51.2 Å². The van der Waals surface area contributed by atoms with E-state index >= 15 is 0 Å². The van der Waals surface area contributed by atoms with Crippen molar-refractivity contribution in [3.8, 4) is 0 Å². The van der Waals surface area contributed by atoms with E-state index in [0.29, 0.717) is 18.4 Å². The van der Waals surface area contributed by atoms with Crippen LogP contribution < -0.4 is 0 Å². The Kier molecular flexibility index (Phi) is 4.06. The number of carbonyl (C=O) groups is 1. The van der Waals surface area contributed by atoms with Crippen LogP contribution in [-0.4, -0.2) is 35.3 Å². The summed E-state index contributed by atoms with van der Waals surface area (Å²) in [6.07, 6.45) is 5.59. The molecule has 3 nitrogen and oxygen atoms in total. The van der Waals surface area contributed by atoms with Crippen LogP contribution in [0.5, 0.6) is 0 Å². The van der Waals surface area contributed by atoms with Crippen molar-refractivity contribution in [2.75, 3.05) is 13.6 Å². The number of carbonyl (C=O) groups excluding carboxylic acids is 1. The molecule has 1 fully saturated rings. The summed E-state index contributed by atoms with van der Waals surface area (Å²) in [5.74, 6) is 0.320. The van der Waals surface area contributed by atoms with Gasteiger partial charge in [0.25, 0.3) is 0 Å². The Bertz CT molecular complexity index is 461. The molecule has 2 aliphatic heterocycles. The molecule has 3 rings (SSSR count). The lowest BCUT2D eigenvalue weighted by Crippen LogP contribution is -2.37. The average Bonchev–Trinajstić information content (AvgIpc) is 2.90. The number of amides is 1. The summed E-state index contributed by atoms with van der Waals surface area (Å²) in [5.41, 5.74) is 2.63. The van der Waals surface area contributed by atoms with Gasteiger partial charge in [-0.2, -0.15) is 0 Å². The van der Waals surface area contributed by atoms with Crippen LogP contribution in [0.4, 0.5) is 0 Å². The van der Waals surface area contributed by atoms with Crippen LogP contribution in [0.3, 0.4) is 0 Å². The summed E-state index contributed by atoms with van der Waals surface area (Å²) >= 11 is 0. The molecule has 1 aromatic carbocycles. The molecular weight excluding hydrogens is 248 g/mol. The molecular formula is C17H24N2O. The Morgan fingerprint density at radius 3 is 2.55 bits per heavy atom. The first-order valence-corrected chi connectivity index (χ1v) is 7.79. The monoisotopic (exact) mass is 272 g/mol. The van der Waals surface area contributed by atoms with Gasteiger partial charge in [0.05, 0.1) is 0 Å². The highest BCUT2D eigenvalue weighted by atomic mass is 16.2. The predicted octanol–water partition coefficient (Wildman–Crippen LogP) is 2.79. The van der Waals surface area contributed by atoms with E-state index in [9.17, 15) is 4.79 Å². The smallest absolute Gasteiger partial charge is 0.223 e. The van der Waals surface area contributed by atoms with Crippen LogP contribution in [0.15, 0.2) is 24.3 Å². The van der Waals surface area contributed by atoms with Gasteiger partial charge in [-0.05, 0) is 44.0 Å². The van der Waals surface area contributed by atoms with E-state index in [-0.39, 0.29) is 0 Å². The number of rotatable bonds is 3. The molecule has 0 N–H and O–H groups in total. The third-order valence-electron chi connectivity index (χ3n) is 4.81. The van der Waals surface area contributed by atoms with Crippen LogP contribution in [-0.2, 0) is 17.9 Å². The Morgan fingerprint density at radius 2 is 1.90 bits per heavy atom. The molecule has 0 aliphatic carbocycles. The third kappa shape index (κ3) is 2.88. The lowest BCUT2D eigenvalue weighted by atomic mass is 9.98. The summed E-state index contributed by atoms with van der Waals surface area (Å²) in [4.78, 5) is 16.8. The Hall–Kier alpha value is -1.35. The first-order valence-electron chi connectivity index (χ1n) is 7.79. The normalized spacial score (nSPS) is 22.9. The van der Waals surface area contributed by atoms with Crippen molar-refractivity contribution in [1.29, 1.82) is 0 Å². The summed E-state index contributed by atoms with van der Waals surface area (Å²) in [5, 5.41) is 0. The summed E-state index contributed by atoms with van der Waals surface area (Å²) in [6.45, 7) is 2.79. The quantitative estimate of drug-likeness (QED) is 0.844. The second-order valence-corrected chi connectivity index (χ2v) is 6.19. The molecule has 0 spiro atoms. The van der Waals surface area contributed by atoms with Gasteiger partial charge in [0.1, 0.15) is 0 Å². The highest BCUT2D eigenvalue weighted by Gasteiger charge is 2.25. The van der Waals surface area contributed by atoms with Gasteiger partial charge in [0.15, 0.2) is 0 Å². The molecule has 1 aromatic rings. The largest absolute Gasteiger partial charge is 0.334 e. The van der Waals surface area contributed by atoms with Gasteiger partial charge in [-0.3, -0.25) is 4.79 Å². The van der Waals surface area contributed by atoms with Gasteiger partial charge in [0.2, 0.25) is 5.91 Å². The van der Waals surface area contributed by atoms with Crippen molar-refractivity contribution in [3.63, 3.8) is 0 Å². The van der Waals surface area contributed by atoms with E-state index in [1.54, 1.807) is 0 Å². The van der Waals surface area contributed by atoms with Gasteiger partial charge in [0, 0.05) is 25.6 Å². The van der Waals surface area contributed by atoms with E-state index in [2.05, 4.69) is 36.2 Å². The molecule has 20 heavy (non-hydrogen) atoms. The number of hydrogen-bond donors (Lipinski definition) is 0. The fourth-order valence-corrected chi connectivity index (χ4v) is 3.47. The summed E-state index contributed by atoms with van der Waals surface area (Å²) < 4.78 is 0. The predicted molar refractivity (Wildman–Crippen MR) is 80.2 cm³/mol. The number of likely N-dealkylation sites (tertiary alicyclic amines) is 1. The first kappa shape index (κ1) is 13.6. The molecule has 0 radical (unpaired) electrons. The van der Waals surface area contributed by atoms with E-state index in [1.165, 1.54) is 36.9 Å². The Balaban J connectivity index is 1.51. The zero-order valence-corrected chi connectivity index (χ0v) is 12.3. The molecule has 0 bridgehead atoms. The van der Waals surface area contributed by atoms with E-state index in [4.69, 9.17) is 0 Å². The van der Waals surface area contributed by atoms with Crippen LogP contribution in [0.25, 0.3) is 0 Å². The number of hydrogen-bond acceptors (Lipinski definition) is 2. The second kappa shape index (κ2) is 5.96. The zero-order chi connectivity index (χ0) is 13.9. The second-order valence-electron chi connectivity index (χ2n) is 6.19. The molecule has 1 amide bonds.